The van der Waals surface area contributed by atoms with Gasteiger partial charge in [-0.05, 0) is 30.3 Å². The molecule has 0 radical (unpaired) electrons. The van der Waals surface area contributed by atoms with Crippen LogP contribution in [0.4, 0.5) is 0 Å². The lowest BCUT2D eigenvalue weighted by atomic mass is 10.1. The largest absolute Gasteiger partial charge is 0.496 e. The van der Waals surface area contributed by atoms with Crippen molar-refractivity contribution in [1.82, 2.24) is 4.90 Å². The van der Waals surface area contributed by atoms with E-state index in [9.17, 15) is 4.79 Å². The van der Waals surface area contributed by atoms with Crippen molar-refractivity contribution >= 4 is 5.91 Å². The molecule has 0 aliphatic rings. The van der Waals surface area contributed by atoms with Crippen LogP contribution in [0.5, 0.6) is 5.75 Å². The highest BCUT2D eigenvalue weighted by molar-refractivity contribution is 5.97. The molecular weight excluding hydrogens is 230 g/mol. The Morgan fingerprint density at radius 3 is 2.61 bits per heavy atom. The second-order valence-electron chi connectivity index (χ2n) is 4.09. The van der Waals surface area contributed by atoms with Gasteiger partial charge in [-0.1, -0.05) is 0 Å². The average Bonchev–Trinajstić information content (AvgIpc) is 2.90. The molecule has 0 aliphatic heterocycles. The van der Waals surface area contributed by atoms with Gasteiger partial charge >= 0.3 is 0 Å². The number of carbonyl (C=O) groups is 1. The molecule has 18 heavy (non-hydrogen) atoms. The van der Waals surface area contributed by atoms with E-state index < -0.39 is 0 Å². The molecule has 0 fully saturated rings. The van der Waals surface area contributed by atoms with Crippen LogP contribution in [-0.4, -0.2) is 32.0 Å². The lowest BCUT2D eigenvalue weighted by Gasteiger charge is -2.14. The fourth-order valence-electron chi connectivity index (χ4n) is 1.71. The molecule has 0 saturated carbocycles. The number of benzene rings is 1. The summed E-state index contributed by atoms with van der Waals surface area (Å²) in [4.78, 5) is 13.6. The van der Waals surface area contributed by atoms with Crippen molar-refractivity contribution in [3.05, 3.63) is 42.2 Å². The van der Waals surface area contributed by atoms with Crippen molar-refractivity contribution in [3.8, 4) is 17.1 Å². The molecule has 2 aromatic rings. The molecule has 0 spiro atoms. The summed E-state index contributed by atoms with van der Waals surface area (Å²) in [5.74, 6) is 1.19. The van der Waals surface area contributed by atoms with Crippen LogP contribution in [-0.2, 0) is 0 Å². The molecule has 1 heterocycles. The number of nitrogens with zero attached hydrogens (tertiary/aromatic N) is 1. The number of carbonyl (C=O) groups excluding carboxylic acids is 1. The van der Waals surface area contributed by atoms with Gasteiger partial charge < -0.3 is 14.1 Å². The Morgan fingerprint density at radius 2 is 2.06 bits per heavy atom. The van der Waals surface area contributed by atoms with Gasteiger partial charge in [0.15, 0.2) is 0 Å². The van der Waals surface area contributed by atoms with E-state index in [0.717, 1.165) is 11.3 Å². The average molecular weight is 245 g/mol. The maximum Gasteiger partial charge on any atom is 0.257 e. The zero-order valence-corrected chi connectivity index (χ0v) is 10.6. The van der Waals surface area contributed by atoms with Gasteiger partial charge in [0.1, 0.15) is 11.5 Å². The summed E-state index contributed by atoms with van der Waals surface area (Å²) in [6, 6.07) is 9.08. The first kappa shape index (κ1) is 12.2. The van der Waals surface area contributed by atoms with E-state index in [1.54, 1.807) is 39.6 Å². The monoisotopic (exact) mass is 245 g/mol. The third kappa shape index (κ3) is 2.22. The number of ether oxygens (including phenoxy) is 1. The SMILES string of the molecule is COc1ccc(-c2ccco2)cc1C(=O)N(C)C. The molecular formula is C14H15NO3. The summed E-state index contributed by atoms with van der Waals surface area (Å²) in [6.45, 7) is 0. The predicted molar refractivity (Wildman–Crippen MR) is 68.7 cm³/mol. The Morgan fingerprint density at radius 1 is 1.28 bits per heavy atom. The van der Waals surface area contributed by atoms with Crippen LogP contribution in [0.25, 0.3) is 11.3 Å². The number of amides is 1. The molecule has 1 amide bonds. The van der Waals surface area contributed by atoms with E-state index in [-0.39, 0.29) is 5.91 Å². The second kappa shape index (κ2) is 4.96. The first-order valence-electron chi connectivity index (χ1n) is 5.57. The molecule has 2 rings (SSSR count). The summed E-state index contributed by atoms with van der Waals surface area (Å²) in [6.07, 6.45) is 1.60. The van der Waals surface area contributed by atoms with Crippen LogP contribution < -0.4 is 4.74 Å². The van der Waals surface area contributed by atoms with Gasteiger partial charge in [-0.25, -0.2) is 0 Å². The lowest BCUT2D eigenvalue weighted by Crippen LogP contribution is -2.22. The molecule has 0 atom stereocenters. The minimum Gasteiger partial charge on any atom is -0.496 e. The van der Waals surface area contributed by atoms with Gasteiger partial charge in [0, 0.05) is 19.7 Å². The maximum absolute atomic E-state index is 12.1. The third-order valence-corrected chi connectivity index (χ3v) is 2.64. The topological polar surface area (TPSA) is 42.7 Å². The fourth-order valence-corrected chi connectivity index (χ4v) is 1.71. The van der Waals surface area contributed by atoms with Gasteiger partial charge in [0.05, 0.1) is 18.9 Å². The summed E-state index contributed by atoms with van der Waals surface area (Å²) in [5, 5.41) is 0. The van der Waals surface area contributed by atoms with Gasteiger partial charge in [0.25, 0.3) is 5.91 Å². The predicted octanol–water partition coefficient (Wildman–Crippen LogP) is 2.66. The van der Waals surface area contributed by atoms with Crippen LogP contribution in [0, 0.1) is 0 Å². The smallest absolute Gasteiger partial charge is 0.257 e. The number of methoxy groups -OCH3 is 1. The van der Waals surface area contributed by atoms with Gasteiger partial charge in [0.2, 0.25) is 0 Å². The first-order valence-corrected chi connectivity index (χ1v) is 5.57. The quantitative estimate of drug-likeness (QED) is 0.834. The molecule has 0 N–H and O–H groups in total. The number of hydrogen-bond acceptors (Lipinski definition) is 3. The van der Waals surface area contributed by atoms with E-state index >= 15 is 0 Å². The lowest BCUT2D eigenvalue weighted by molar-refractivity contribution is 0.0824. The maximum atomic E-state index is 12.1. The molecule has 0 aliphatic carbocycles. The Labute approximate surface area is 106 Å². The number of hydrogen-bond donors (Lipinski definition) is 0. The summed E-state index contributed by atoms with van der Waals surface area (Å²) in [7, 11) is 4.97. The number of furan rings is 1. The van der Waals surface area contributed by atoms with Crippen molar-refractivity contribution in [1.29, 1.82) is 0 Å². The van der Waals surface area contributed by atoms with Crippen LogP contribution in [0.2, 0.25) is 0 Å². The normalized spacial score (nSPS) is 10.2. The highest BCUT2D eigenvalue weighted by Crippen LogP contribution is 2.27. The number of rotatable bonds is 3. The van der Waals surface area contributed by atoms with Crippen molar-refractivity contribution < 1.29 is 13.9 Å². The minimum absolute atomic E-state index is 0.0970. The van der Waals surface area contributed by atoms with Crippen molar-refractivity contribution in [3.63, 3.8) is 0 Å². The van der Waals surface area contributed by atoms with E-state index in [1.165, 1.54) is 4.90 Å². The minimum atomic E-state index is -0.0970. The van der Waals surface area contributed by atoms with E-state index in [0.29, 0.717) is 11.3 Å². The Kier molecular flexibility index (Phi) is 3.37. The van der Waals surface area contributed by atoms with E-state index in [2.05, 4.69) is 0 Å². The Bertz CT molecular complexity index is 544. The summed E-state index contributed by atoms with van der Waals surface area (Å²) in [5.41, 5.74) is 1.38. The van der Waals surface area contributed by atoms with E-state index in [4.69, 9.17) is 9.15 Å². The first-order chi connectivity index (χ1) is 8.63. The molecule has 0 unspecified atom stereocenters. The molecule has 4 heteroatoms. The zero-order valence-electron chi connectivity index (χ0n) is 10.6. The Hall–Kier alpha value is -2.23. The van der Waals surface area contributed by atoms with Gasteiger partial charge in [-0.2, -0.15) is 0 Å². The Balaban J connectivity index is 2.49. The highest BCUT2D eigenvalue weighted by atomic mass is 16.5. The van der Waals surface area contributed by atoms with Crippen LogP contribution in [0.15, 0.2) is 41.0 Å². The fraction of sp³-hybridized carbons (Fsp3) is 0.214. The van der Waals surface area contributed by atoms with Gasteiger partial charge in [-0.15, -0.1) is 0 Å². The molecule has 94 valence electrons. The van der Waals surface area contributed by atoms with E-state index in [1.807, 2.05) is 18.2 Å². The molecule has 4 nitrogen and oxygen atoms in total. The molecule has 1 aromatic carbocycles. The summed E-state index contributed by atoms with van der Waals surface area (Å²) < 4.78 is 10.5. The highest BCUT2D eigenvalue weighted by Gasteiger charge is 2.15. The molecule has 1 aromatic heterocycles. The van der Waals surface area contributed by atoms with Crippen LogP contribution >= 0.6 is 0 Å². The van der Waals surface area contributed by atoms with Crippen molar-refractivity contribution in [2.24, 2.45) is 0 Å². The standard InChI is InChI=1S/C14H15NO3/c1-15(2)14(16)11-9-10(6-7-13(11)17-3)12-5-4-8-18-12/h4-9H,1-3H3. The van der Waals surface area contributed by atoms with Crippen LogP contribution in [0.3, 0.4) is 0 Å². The van der Waals surface area contributed by atoms with Crippen molar-refractivity contribution in [2.45, 2.75) is 0 Å². The molecule has 0 saturated heterocycles. The third-order valence-electron chi connectivity index (χ3n) is 2.64. The molecule has 0 bridgehead atoms. The van der Waals surface area contributed by atoms with Crippen LogP contribution in [0.1, 0.15) is 10.4 Å². The second-order valence-corrected chi connectivity index (χ2v) is 4.09. The zero-order chi connectivity index (χ0) is 13.1. The van der Waals surface area contributed by atoms with Gasteiger partial charge in [-0.3, -0.25) is 4.79 Å². The van der Waals surface area contributed by atoms with Crippen molar-refractivity contribution in [2.75, 3.05) is 21.2 Å². The summed E-state index contributed by atoms with van der Waals surface area (Å²) >= 11 is 0.